The smallest absolute Gasteiger partial charge is 0.332 e. The molecule has 26 heavy (non-hydrogen) atoms. The van der Waals surface area contributed by atoms with Crippen LogP contribution in [-0.2, 0) is 33.3 Å². The molecule has 0 saturated heterocycles. The maximum absolute atomic E-state index is 11.9. The summed E-state index contributed by atoms with van der Waals surface area (Å²) < 4.78 is 44.2. The number of ether oxygens (including phenoxy) is 3. The summed E-state index contributed by atoms with van der Waals surface area (Å²) in [6.07, 6.45) is 2.41. The number of rotatable bonds is 14. The minimum Gasteiger partial charge on any atom is -0.464 e. The molecule has 8 heteroatoms. The lowest BCUT2D eigenvalue weighted by molar-refractivity contribution is -0.149. The van der Waals surface area contributed by atoms with Crippen LogP contribution in [0.2, 0.25) is 0 Å². The van der Waals surface area contributed by atoms with Crippen molar-refractivity contribution in [3.05, 3.63) is 29.8 Å². The van der Waals surface area contributed by atoms with E-state index < -0.39 is 10.1 Å². The van der Waals surface area contributed by atoms with Crippen LogP contribution in [0, 0.1) is 6.92 Å². The Bertz CT molecular complexity index is 611. The standard InChI is InChI=1S/C18H28O7S/c1-3-4-12-24-18(19)15-23-11-5-10-22-13-14-25-26(20,21)17-8-6-16(2)7-9-17/h6-9H,3-5,10-15H2,1-2H3. The molecule has 148 valence electrons. The average Bonchev–Trinajstić information content (AvgIpc) is 2.61. The van der Waals surface area contributed by atoms with Crippen molar-refractivity contribution in [1.29, 1.82) is 0 Å². The van der Waals surface area contributed by atoms with Crippen molar-refractivity contribution in [1.82, 2.24) is 0 Å². The number of aryl methyl sites for hydroxylation is 1. The lowest BCUT2D eigenvalue weighted by Crippen LogP contribution is -2.15. The van der Waals surface area contributed by atoms with Gasteiger partial charge in [0.1, 0.15) is 6.61 Å². The average molecular weight is 388 g/mol. The lowest BCUT2D eigenvalue weighted by Gasteiger charge is -2.07. The van der Waals surface area contributed by atoms with Crippen LogP contribution < -0.4 is 0 Å². The Morgan fingerprint density at radius 2 is 1.62 bits per heavy atom. The van der Waals surface area contributed by atoms with Gasteiger partial charge in [-0.3, -0.25) is 4.18 Å². The van der Waals surface area contributed by atoms with Crippen molar-refractivity contribution >= 4 is 16.1 Å². The third-order valence-corrected chi connectivity index (χ3v) is 4.66. The summed E-state index contributed by atoms with van der Waals surface area (Å²) in [4.78, 5) is 11.4. The van der Waals surface area contributed by atoms with Gasteiger partial charge >= 0.3 is 5.97 Å². The second-order valence-electron chi connectivity index (χ2n) is 5.68. The van der Waals surface area contributed by atoms with Gasteiger partial charge in [0.25, 0.3) is 10.1 Å². The Hall–Kier alpha value is -1.48. The predicted octanol–water partition coefficient (Wildman–Crippen LogP) is 2.47. The van der Waals surface area contributed by atoms with Gasteiger partial charge in [0.15, 0.2) is 0 Å². The summed E-state index contributed by atoms with van der Waals surface area (Å²) in [7, 11) is -3.75. The van der Waals surface area contributed by atoms with Crippen LogP contribution in [0.15, 0.2) is 29.2 Å². The van der Waals surface area contributed by atoms with Crippen molar-refractivity contribution in [2.75, 3.05) is 39.6 Å². The molecule has 0 spiro atoms. The second kappa shape index (κ2) is 12.8. The van der Waals surface area contributed by atoms with Gasteiger partial charge < -0.3 is 14.2 Å². The zero-order valence-electron chi connectivity index (χ0n) is 15.4. The number of benzene rings is 1. The number of hydrogen-bond acceptors (Lipinski definition) is 7. The zero-order chi connectivity index (χ0) is 19.3. The molecule has 0 amide bonds. The van der Waals surface area contributed by atoms with Gasteiger partial charge in [0.2, 0.25) is 0 Å². The highest BCUT2D eigenvalue weighted by molar-refractivity contribution is 7.86. The first-order valence-corrected chi connectivity index (χ1v) is 10.1. The van der Waals surface area contributed by atoms with Crippen molar-refractivity contribution in [3.63, 3.8) is 0 Å². The highest BCUT2D eigenvalue weighted by Gasteiger charge is 2.14. The number of carbonyl (C=O) groups is 1. The molecule has 1 aromatic rings. The maximum atomic E-state index is 11.9. The minimum absolute atomic E-state index is 0.0547. The molecule has 0 aliphatic heterocycles. The van der Waals surface area contributed by atoms with Crippen molar-refractivity contribution < 1.29 is 31.6 Å². The second-order valence-corrected chi connectivity index (χ2v) is 7.30. The first-order chi connectivity index (χ1) is 12.5. The van der Waals surface area contributed by atoms with Crippen molar-refractivity contribution in [2.24, 2.45) is 0 Å². The summed E-state index contributed by atoms with van der Waals surface area (Å²) in [5.74, 6) is -0.367. The first-order valence-electron chi connectivity index (χ1n) is 8.73. The van der Waals surface area contributed by atoms with E-state index in [1.54, 1.807) is 12.1 Å². The Kier molecular flexibility index (Phi) is 11.1. The highest BCUT2D eigenvalue weighted by Crippen LogP contribution is 2.12. The Morgan fingerprint density at radius 1 is 0.923 bits per heavy atom. The third-order valence-electron chi connectivity index (χ3n) is 3.33. The molecule has 7 nitrogen and oxygen atoms in total. The largest absolute Gasteiger partial charge is 0.464 e. The van der Waals surface area contributed by atoms with Crippen molar-refractivity contribution in [3.8, 4) is 0 Å². The summed E-state index contributed by atoms with van der Waals surface area (Å²) in [5, 5.41) is 0. The molecule has 1 aromatic carbocycles. The minimum atomic E-state index is -3.75. The molecule has 0 N–H and O–H groups in total. The maximum Gasteiger partial charge on any atom is 0.332 e. The molecule has 0 heterocycles. The fourth-order valence-electron chi connectivity index (χ4n) is 1.87. The van der Waals surface area contributed by atoms with E-state index in [-0.39, 0.29) is 30.7 Å². The van der Waals surface area contributed by atoms with E-state index in [1.807, 2.05) is 13.8 Å². The fourth-order valence-corrected chi connectivity index (χ4v) is 2.76. The summed E-state index contributed by atoms with van der Waals surface area (Å²) in [5.41, 5.74) is 0.976. The molecular formula is C18H28O7S. The van der Waals surface area contributed by atoms with E-state index >= 15 is 0 Å². The molecule has 0 radical (unpaired) electrons. The van der Waals surface area contributed by atoms with Crippen LogP contribution in [-0.4, -0.2) is 54.0 Å². The number of carbonyl (C=O) groups excluding carboxylic acids is 1. The number of esters is 1. The van der Waals surface area contributed by atoms with E-state index in [4.69, 9.17) is 18.4 Å². The Labute approximate surface area is 155 Å². The molecule has 0 atom stereocenters. The summed E-state index contributed by atoms with van der Waals surface area (Å²) >= 11 is 0. The Morgan fingerprint density at radius 3 is 2.31 bits per heavy atom. The van der Waals surface area contributed by atoms with Crippen LogP contribution in [0.1, 0.15) is 31.7 Å². The topological polar surface area (TPSA) is 88.1 Å². The van der Waals surface area contributed by atoms with E-state index in [9.17, 15) is 13.2 Å². The first kappa shape index (κ1) is 22.6. The van der Waals surface area contributed by atoms with Gasteiger partial charge in [-0.15, -0.1) is 0 Å². The number of hydrogen-bond donors (Lipinski definition) is 0. The van der Waals surface area contributed by atoms with Crippen LogP contribution in [0.3, 0.4) is 0 Å². The van der Waals surface area contributed by atoms with Crippen LogP contribution >= 0.6 is 0 Å². The third kappa shape index (κ3) is 9.86. The van der Waals surface area contributed by atoms with E-state index in [1.165, 1.54) is 12.1 Å². The van der Waals surface area contributed by atoms with Gasteiger partial charge in [-0.2, -0.15) is 8.42 Å². The van der Waals surface area contributed by atoms with E-state index in [2.05, 4.69) is 0 Å². The molecule has 0 bridgehead atoms. The molecule has 0 aliphatic carbocycles. The van der Waals surface area contributed by atoms with Gasteiger partial charge in [-0.25, -0.2) is 4.79 Å². The molecule has 0 saturated carbocycles. The molecule has 0 fully saturated rings. The molecular weight excluding hydrogens is 360 g/mol. The van der Waals surface area contributed by atoms with Crippen LogP contribution in [0.5, 0.6) is 0 Å². The highest BCUT2D eigenvalue weighted by atomic mass is 32.2. The molecule has 0 aliphatic rings. The van der Waals surface area contributed by atoms with Crippen LogP contribution in [0.4, 0.5) is 0 Å². The molecule has 1 rings (SSSR count). The van der Waals surface area contributed by atoms with Crippen molar-refractivity contribution in [2.45, 2.75) is 38.0 Å². The zero-order valence-corrected chi connectivity index (χ0v) is 16.3. The van der Waals surface area contributed by atoms with Gasteiger partial charge in [-0.05, 0) is 31.9 Å². The molecule has 0 aromatic heterocycles. The molecule has 0 unspecified atom stereocenters. The van der Waals surface area contributed by atoms with Gasteiger partial charge in [0, 0.05) is 13.2 Å². The van der Waals surface area contributed by atoms with Crippen LogP contribution in [0.25, 0.3) is 0 Å². The van der Waals surface area contributed by atoms with Gasteiger partial charge in [-0.1, -0.05) is 31.0 Å². The van der Waals surface area contributed by atoms with E-state index in [0.717, 1.165) is 18.4 Å². The summed E-state index contributed by atoms with van der Waals surface area (Å²) in [6, 6.07) is 6.45. The normalized spacial score (nSPS) is 11.5. The lowest BCUT2D eigenvalue weighted by atomic mass is 10.2. The monoisotopic (exact) mass is 388 g/mol. The quantitative estimate of drug-likeness (QED) is 0.275. The number of unbranched alkanes of at least 4 members (excludes halogenated alkanes) is 1. The fraction of sp³-hybridized carbons (Fsp3) is 0.611. The van der Waals surface area contributed by atoms with E-state index in [0.29, 0.717) is 26.2 Å². The Balaban J connectivity index is 2.02. The predicted molar refractivity (Wildman–Crippen MR) is 96.4 cm³/mol. The summed E-state index contributed by atoms with van der Waals surface area (Å²) in [6.45, 7) is 5.11. The van der Waals surface area contributed by atoms with Gasteiger partial charge in [0.05, 0.1) is 24.7 Å². The SMILES string of the molecule is CCCCOC(=O)COCCCOCCOS(=O)(=O)c1ccc(C)cc1.